The fourth-order valence-electron chi connectivity index (χ4n) is 3.99. The maximum Gasteiger partial charge on any atom is 0.391 e. The molecular formula is C19H23F3N6O. The van der Waals surface area contributed by atoms with Gasteiger partial charge in [0, 0.05) is 35.0 Å². The van der Waals surface area contributed by atoms with E-state index in [9.17, 15) is 18.3 Å². The van der Waals surface area contributed by atoms with Gasteiger partial charge in [-0.05, 0) is 38.7 Å². The Labute approximate surface area is 165 Å². The number of hydrogen-bond donors (Lipinski definition) is 3. The van der Waals surface area contributed by atoms with Crippen molar-refractivity contribution in [3.05, 3.63) is 30.4 Å². The van der Waals surface area contributed by atoms with Crippen molar-refractivity contribution in [3.63, 3.8) is 0 Å². The van der Waals surface area contributed by atoms with Gasteiger partial charge in [0.05, 0.1) is 30.4 Å². The lowest BCUT2D eigenvalue weighted by Crippen LogP contribution is -2.25. The van der Waals surface area contributed by atoms with Crippen LogP contribution in [-0.4, -0.2) is 48.2 Å². The normalized spacial score (nSPS) is 21.4. The van der Waals surface area contributed by atoms with Crippen molar-refractivity contribution in [2.24, 2.45) is 0 Å². The largest absolute Gasteiger partial charge is 0.393 e. The van der Waals surface area contributed by atoms with E-state index in [1.165, 1.54) is 6.92 Å². The van der Waals surface area contributed by atoms with Crippen molar-refractivity contribution in [2.75, 3.05) is 5.32 Å². The van der Waals surface area contributed by atoms with Gasteiger partial charge in [0.1, 0.15) is 0 Å². The highest BCUT2D eigenvalue weighted by molar-refractivity contribution is 5.80. The Morgan fingerprint density at radius 2 is 2.03 bits per heavy atom. The summed E-state index contributed by atoms with van der Waals surface area (Å²) >= 11 is 0. The van der Waals surface area contributed by atoms with E-state index in [4.69, 9.17) is 0 Å². The molecule has 1 saturated carbocycles. The molecule has 29 heavy (non-hydrogen) atoms. The van der Waals surface area contributed by atoms with Crippen molar-refractivity contribution in [2.45, 2.75) is 63.3 Å². The topological polar surface area (TPSA) is 91.1 Å². The number of nitrogens with zero attached hydrogens (tertiary/aromatic N) is 4. The summed E-state index contributed by atoms with van der Waals surface area (Å²) in [6.07, 6.45) is 2.71. The SMILES string of the molecule is C[C@@H](CC(F)(F)F)Nc1ncc2c(-c3cn[nH]c3)cc(C3CCC(O)CC3)n2n1. The molecule has 1 aliphatic rings. The second-order valence-corrected chi connectivity index (χ2v) is 7.72. The Kier molecular flexibility index (Phi) is 5.20. The Hall–Kier alpha value is -2.62. The van der Waals surface area contributed by atoms with E-state index >= 15 is 0 Å². The number of nitrogens with one attached hydrogen (secondary N) is 2. The van der Waals surface area contributed by atoms with Crippen LogP contribution in [0.25, 0.3) is 16.6 Å². The van der Waals surface area contributed by atoms with Crippen LogP contribution in [0.4, 0.5) is 19.1 Å². The maximum atomic E-state index is 12.6. The molecule has 0 unspecified atom stereocenters. The van der Waals surface area contributed by atoms with Crippen LogP contribution in [0, 0.1) is 0 Å². The summed E-state index contributed by atoms with van der Waals surface area (Å²) in [5.74, 6) is 0.364. The Morgan fingerprint density at radius 3 is 2.69 bits per heavy atom. The number of hydrogen-bond acceptors (Lipinski definition) is 5. The van der Waals surface area contributed by atoms with Crippen molar-refractivity contribution < 1.29 is 18.3 Å². The van der Waals surface area contributed by atoms with E-state index in [0.717, 1.165) is 48.0 Å². The molecule has 0 saturated heterocycles. The van der Waals surface area contributed by atoms with Gasteiger partial charge in [-0.15, -0.1) is 5.10 Å². The van der Waals surface area contributed by atoms with Gasteiger partial charge >= 0.3 is 6.18 Å². The molecular weight excluding hydrogens is 385 g/mol. The summed E-state index contributed by atoms with van der Waals surface area (Å²) < 4.78 is 39.7. The molecule has 4 rings (SSSR count). The highest BCUT2D eigenvalue weighted by atomic mass is 19.4. The minimum atomic E-state index is -4.26. The molecule has 0 bridgehead atoms. The Balaban J connectivity index is 1.70. The maximum absolute atomic E-state index is 12.6. The number of anilines is 1. The number of H-pyrrole nitrogens is 1. The van der Waals surface area contributed by atoms with E-state index in [0.29, 0.717) is 0 Å². The Bertz CT molecular complexity index is 960. The zero-order valence-electron chi connectivity index (χ0n) is 15.9. The van der Waals surface area contributed by atoms with Gasteiger partial charge in [-0.3, -0.25) is 5.10 Å². The molecule has 3 N–H and O–H groups in total. The number of aromatic nitrogens is 5. The van der Waals surface area contributed by atoms with Crippen molar-refractivity contribution in [1.29, 1.82) is 0 Å². The third kappa shape index (κ3) is 4.36. The minimum absolute atomic E-state index is 0.153. The van der Waals surface area contributed by atoms with Gasteiger partial charge < -0.3 is 10.4 Å². The van der Waals surface area contributed by atoms with Crippen molar-refractivity contribution in [1.82, 2.24) is 24.8 Å². The van der Waals surface area contributed by atoms with Crippen LogP contribution in [0.15, 0.2) is 24.7 Å². The molecule has 3 aromatic rings. The van der Waals surface area contributed by atoms with Gasteiger partial charge in [0.15, 0.2) is 0 Å². The lowest BCUT2D eigenvalue weighted by molar-refractivity contribution is -0.136. The van der Waals surface area contributed by atoms with E-state index in [-0.39, 0.29) is 18.0 Å². The number of rotatable bonds is 5. The number of aromatic amines is 1. The first-order chi connectivity index (χ1) is 13.8. The van der Waals surface area contributed by atoms with Crippen LogP contribution < -0.4 is 5.32 Å². The summed E-state index contributed by atoms with van der Waals surface area (Å²) in [7, 11) is 0. The molecule has 156 valence electrons. The third-order valence-electron chi connectivity index (χ3n) is 5.38. The van der Waals surface area contributed by atoms with Crippen LogP contribution in [0.1, 0.15) is 50.6 Å². The van der Waals surface area contributed by atoms with Crippen molar-refractivity contribution in [3.8, 4) is 11.1 Å². The number of aliphatic hydroxyl groups is 1. The van der Waals surface area contributed by atoms with Gasteiger partial charge in [0.2, 0.25) is 5.95 Å². The first-order valence-corrected chi connectivity index (χ1v) is 9.69. The molecule has 1 fully saturated rings. The molecule has 1 atom stereocenters. The first kappa shape index (κ1) is 19.7. The quantitative estimate of drug-likeness (QED) is 0.596. The second-order valence-electron chi connectivity index (χ2n) is 7.72. The third-order valence-corrected chi connectivity index (χ3v) is 5.38. The predicted molar refractivity (Wildman–Crippen MR) is 102 cm³/mol. The molecule has 3 heterocycles. The summed E-state index contributed by atoms with van der Waals surface area (Å²) in [4.78, 5) is 4.24. The van der Waals surface area contributed by atoms with E-state index in [1.807, 2.05) is 6.07 Å². The fraction of sp³-hybridized carbons (Fsp3) is 0.526. The average molecular weight is 408 g/mol. The molecule has 7 nitrogen and oxygen atoms in total. The van der Waals surface area contributed by atoms with Gasteiger partial charge in [-0.2, -0.15) is 18.3 Å². The number of alkyl halides is 3. The summed E-state index contributed by atoms with van der Waals surface area (Å²) in [6.45, 7) is 1.46. The van der Waals surface area contributed by atoms with Crippen LogP contribution in [-0.2, 0) is 0 Å². The monoisotopic (exact) mass is 408 g/mol. The van der Waals surface area contributed by atoms with E-state index < -0.39 is 18.6 Å². The van der Waals surface area contributed by atoms with E-state index in [1.54, 1.807) is 23.1 Å². The van der Waals surface area contributed by atoms with Crippen LogP contribution in [0.3, 0.4) is 0 Å². The van der Waals surface area contributed by atoms with E-state index in [2.05, 4.69) is 25.6 Å². The molecule has 1 aliphatic carbocycles. The van der Waals surface area contributed by atoms with Gasteiger partial charge in [0.25, 0.3) is 0 Å². The van der Waals surface area contributed by atoms with Gasteiger partial charge in [-0.25, -0.2) is 9.50 Å². The molecule has 3 aromatic heterocycles. The highest BCUT2D eigenvalue weighted by Crippen LogP contribution is 2.37. The van der Waals surface area contributed by atoms with Gasteiger partial charge in [-0.1, -0.05) is 0 Å². The summed E-state index contributed by atoms with van der Waals surface area (Å²) in [5, 5.41) is 23.9. The molecule has 0 aromatic carbocycles. The zero-order valence-corrected chi connectivity index (χ0v) is 15.9. The molecule has 0 radical (unpaired) electrons. The number of aliphatic hydroxyl groups excluding tert-OH is 1. The predicted octanol–water partition coefficient (Wildman–Crippen LogP) is 3.89. The van der Waals surface area contributed by atoms with Crippen LogP contribution in [0.5, 0.6) is 0 Å². The number of halogens is 3. The van der Waals surface area contributed by atoms with Crippen molar-refractivity contribution >= 4 is 11.5 Å². The smallest absolute Gasteiger partial charge is 0.391 e. The number of fused-ring (bicyclic) bond motifs is 1. The molecule has 0 aliphatic heterocycles. The summed E-state index contributed by atoms with van der Waals surface area (Å²) in [6, 6.07) is 1.20. The highest BCUT2D eigenvalue weighted by Gasteiger charge is 2.30. The average Bonchev–Trinajstić information content (AvgIpc) is 3.28. The fourth-order valence-corrected chi connectivity index (χ4v) is 3.99. The minimum Gasteiger partial charge on any atom is -0.393 e. The zero-order chi connectivity index (χ0) is 20.6. The molecule has 10 heteroatoms. The summed E-state index contributed by atoms with van der Waals surface area (Å²) in [5.41, 5.74) is 3.53. The lowest BCUT2D eigenvalue weighted by Gasteiger charge is -2.25. The molecule has 0 spiro atoms. The second kappa shape index (κ2) is 7.66. The van der Waals surface area contributed by atoms with Crippen LogP contribution >= 0.6 is 0 Å². The molecule has 0 amide bonds. The van der Waals surface area contributed by atoms with Crippen LogP contribution in [0.2, 0.25) is 0 Å². The standard InChI is InChI=1S/C19H23F3N6O/c1-11(7-19(20,21)22)26-18-23-10-17-15(13-8-24-25-9-13)6-16(28(17)27-18)12-2-4-14(29)5-3-12/h6,8-12,14,29H,2-5,7H2,1H3,(H,24,25)(H,26,27)/t11-,12?,14?/m0/s1. The lowest BCUT2D eigenvalue weighted by atomic mass is 9.85. The first-order valence-electron chi connectivity index (χ1n) is 9.69. The Morgan fingerprint density at radius 1 is 1.28 bits per heavy atom.